The summed E-state index contributed by atoms with van der Waals surface area (Å²) in [4.78, 5) is 23.1. The van der Waals surface area contributed by atoms with E-state index in [1.165, 1.54) is 0 Å². The normalized spacial score (nSPS) is 14.4. The number of nitrogens with one attached hydrogen (secondary N) is 1. The zero-order chi connectivity index (χ0) is 17.2. The third kappa shape index (κ3) is 10.5. The highest BCUT2D eigenvalue weighted by Gasteiger charge is 2.22. The van der Waals surface area contributed by atoms with Crippen LogP contribution in [0.15, 0.2) is 0 Å². The third-order valence-electron chi connectivity index (χ3n) is 3.49. The molecule has 7 nitrogen and oxygen atoms in total. The second-order valence-electron chi connectivity index (χ2n) is 6.80. The van der Waals surface area contributed by atoms with Crippen molar-refractivity contribution in [2.45, 2.75) is 50.6 Å². The summed E-state index contributed by atoms with van der Waals surface area (Å²) in [6.45, 7) is 1.54. The number of carbonyl (C=O) groups excluding carboxylic acids is 1. The fraction of sp³-hybridized carbons (Fsp3) is 0.867. The van der Waals surface area contributed by atoms with Gasteiger partial charge in [-0.2, -0.15) is 0 Å². The fourth-order valence-corrected chi connectivity index (χ4v) is 2.11. The van der Waals surface area contributed by atoms with E-state index in [9.17, 15) is 14.7 Å². The van der Waals surface area contributed by atoms with Crippen molar-refractivity contribution in [1.82, 2.24) is 5.32 Å². The molecule has 0 aliphatic rings. The maximum Gasteiger partial charge on any atom is 0.326 e. The van der Waals surface area contributed by atoms with Crippen LogP contribution in [0.3, 0.4) is 0 Å². The Labute approximate surface area is 133 Å². The number of hydrogen-bond donors (Lipinski definition) is 4. The van der Waals surface area contributed by atoms with Crippen molar-refractivity contribution >= 4 is 11.9 Å². The van der Waals surface area contributed by atoms with Crippen molar-refractivity contribution in [3.8, 4) is 0 Å². The Morgan fingerprint density at radius 1 is 1.09 bits per heavy atom. The first-order chi connectivity index (χ1) is 10.2. The molecule has 2 unspecified atom stereocenters. The number of nitrogens with zero attached hydrogens (tertiary/aromatic N) is 1. The zero-order valence-corrected chi connectivity index (χ0v) is 14.2. The van der Waals surface area contributed by atoms with E-state index >= 15 is 0 Å². The Bertz CT molecular complexity index is 342. The molecule has 0 saturated carbocycles. The SMILES string of the molecule is C[N+](C)(C)CCCCC(NC(=O)C(N)CCCCN)C(=O)O. The minimum absolute atomic E-state index is 0.393. The van der Waals surface area contributed by atoms with Gasteiger partial charge in [0.2, 0.25) is 5.91 Å². The molecule has 0 saturated heterocycles. The summed E-state index contributed by atoms with van der Waals surface area (Å²) in [5.41, 5.74) is 11.2. The van der Waals surface area contributed by atoms with E-state index in [1.54, 1.807) is 0 Å². The molecule has 0 radical (unpaired) electrons. The lowest BCUT2D eigenvalue weighted by molar-refractivity contribution is -0.870. The van der Waals surface area contributed by atoms with Gasteiger partial charge in [-0.25, -0.2) is 4.79 Å². The van der Waals surface area contributed by atoms with Crippen molar-refractivity contribution < 1.29 is 19.2 Å². The van der Waals surface area contributed by atoms with Gasteiger partial charge in [-0.3, -0.25) is 4.79 Å². The lowest BCUT2D eigenvalue weighted by Crippen LogP contribution is -2.48. The highest BCUT2D eigenvalue weighted by molar-refractivity contribution is 5.86. The highest BCUT2D eigenvalue weighted by Crippen LogP contribution is 2.06. The van der Waals surface area contributed by atoms with Gasteiger partial charge in [0.1, 0.15) is 6.04 Å². The largest absolute Gasteiger partial charge is 0.480 e. The van der Waals surface area contributed by atoms with Crippen LogP contribution in [0.2, 0.25) is 0 Å². The molecule has 0 bridgehead atoms. The van der Waals surface area contributed by atoms with Gasteiger partial charge in [-0.05, 0) is 38.6 Å². The molecule has 2 atom stereocenters. The Hall–Kier alpha value is -1.18. The number of rotatable bonds is 12. The van der Waals surface area contributed by atoms with Gasteiger partial charge in [0.05, 0.1) is 33.7 Å². The standard InChI is InChI=1S/C15H32N4O3/c1-19(2,3)11-7-5-9-13(15(21)22)18-14(20)12(17)8-4-6-10-16/h12-13H,4-11,16-17H2,1-3H3,(H-,18,20,21,22)/p+1. The van der Waals surface area contributed by atoms with Crippen LogP contribution in [0.25, 0.3) is 0 Å². The molecule has 7 heteroatoms. The van der Waals surface area contributed by atoms with Crippen LogP contribution in [-0.2, 0) is 9.59 Å². The maximum atomic E-state index is 11.9. The average molecular weight is 317 g/mol. The first-order valence-electron chi connectivity index (χ1n) is 7.96. The smallest absolute Gasteiger partial charge is 0.326 e. The van der Waals surface area contributed by atoms with Crippen LogP contribution in [0.1, 0.15) is 38.5 Å². The van der Waals surface area contributed by atoms with E-state index in [0.717, 1.165) is 36.7 Å². The number of carbonyl (C=O) groups is 2. The predicted octanol–water partition coefficient (Wildman–Crippen LogP) is -0.111. The summed E-state index contributed by atoms with van der Waals surface area (Å²) in [6, 6.07) is -1.53. The maximum absolute atomic E-state index is 11.9. The van der Waals surface area contributed by atoms with Gasteiger partial charge in [-0.1, -0.05) is 6.42 Å². The molecule has 0 aromatic rings. The molecule has 22 heavy (non-hydrogen) atoms. The Morgan fingerprint density at radius 2 is 1.68 bits per heavy atom. The minimum atomic E-state index is -1.01. The molecule has 6 N–H and O–H groups in total. The number of carboxylic acids is 1. The van der Waals surface area contributed by atoms with Gasteiger partial charge in [-0.15, -0.1) is 0 Å². The van der Waals surface area contributed by atoms with Crippen LogP contribution in [0, 0.1) is 0 Å². The molecule has 0 heterocycles. The molecule has 0 rings (SSSR count). The van der Waals surface area contributed by atoms with Gasteiger partial charge in [0.25, 0.3) is 0 Å². The third-order valence-corrected chi connectivity index (χ3v) is 3.49. The van der Waals surface area contributed by atoms with Crippen molar-refractivity contribution in [1.29, 1.82) is 0 Å². The molecular formula is C15H33N4O3+. The molecular weight excluding hydrogens is 284 g/mol. The summed E-state index contributed by atoms with van der Waals surface area (Å²) >= 11 is 0. The van der Waals surface area contributed by atoms with Gasteiger partial charge < -0.3 is 26.4 Å². The number of aliphatic carboxylic acids is 1. The van der Waals surface area contributed by atoms with Crippen LogP contribution in [0.5, 0.6) is 0 Å². The Morgan fingerprint density at radius 3 is 2.18 bits per heavy atom. The average Bonchev–Trinajstić information content (AvgIpc) is 2.40. The molecule has 0 fully saturated rings. The summed E-state index contributed by atoms with van der Waals surface area (Å²) < 4.78 is 0.843. The number of carboxylic acid groups (broad SMARTS) is 1. The number of quaternary nitrogens is 1. The number of unbranched alkanes of at least 4 members (excludes halogenated alkanes) is 2. The first-order valence-corrected chi connectivity index (χ1v) is 7.96. The molecule has 1 amide bonds. The topological polar surface area (TPSA) is 118 Å². The molecule has 130 valence electrons. The Balaban J connectivity index is 4.17. The van der Waals surface area contributed by atoms with E-state index in [1.807, 2.05) is 0 Å². The quantitative estimate of drug-likeness (QED) is 0.296. The molecule has 0 aliphatic heterocycles. The summed E-state index contributed by atoms with van der Waals surface area (Å²) in [5, 5.41) is 11.7. The van der Waals surface area contributed by atoms with Crippen molar-refractivity contribution in [2.24, 2.45) is 11.5 Å². The van der Waals surface area contributed by atoms with E-state index in [4.69, 9.17) is 11.5 Å². The van der Waals surface area contributed by atoms with Gasteiger partial charge in [0.15, 0.2) is 0 Å². The molecule has 0 aliphatic carbocycles. The summed E-state index contributed by atoms with van der Waals surface area (Å²) in [5.74, 6) is -1.40. The molecule has 0 aromatic carbocycles. The minimum Gasteiger partial charge on any atom is -0.480 e. The monoisotopic (exact) mass is 317 g/mol. The van der Waals surface area contributed by atoms with Crippen molar-refractivity contribution in [3.05, 3.63) is 0 Å². The second-order valence-corrected chi connectivity index (χ2v) is 6.80. The van der Waals surface area contributed by atoms with E-state index < -0.39 is 24.0 Å². The van der Waals surface area contributed by atoms with Gasteiger partial charge in [0, 0.05) is 0 Å². The highest BCUT2D eigenvalue weighted by atomic mass is 16.4. The van der Waals surface area contributed by atoms with Gasteiger partial charge >= 0.3 is 5.97 Å². The summed E-state index contributed by atoms with van der Waals surface area (Å²) in [6.07, 6.45) is 4.22. The predicted molar refractivity (Wildman–Crippen MR) is 87.2 cm³/mol. The van der Waals surface area contributed by atoms with Crippen LogP contribution >= 0.6 is 0 Å². The van der Waals surface area contributed by atoms with E-state index in [-0.39, 0.29) is 0 Å². The fourth-order valence-electron chi connectivity index (χ4n) is 2.11. The van der Waals surface area contributed by atoms with Crippen molar-refractivity contribution in [3.63, 3.8) is 0 Å². The van der Waals surface area contributed by atoms with Crippen LogP contribution in [-0.4, -0.2) is 67.8 Å². The van der Waals surface area contributed by atoms with Crippen molar-refractivity contribution in [2.75, 3.05) is 34.2 Å². The summed E-state index contributed by atoms with van der Waals surface area (Å²) in [7, 11) is 6.28. The lowest BCUT2D eigenvalue weighted by Gasteiger charge is -2.24. The lowest BCUT2D eigenvalue weighted by atomic mass is 10.1. The van der Waals surface area contributed by atoms with Crippen LogP contribution in [0.4, 0.5) is 0 Å². The number of nitrogens with two attached hydrogens (primary N) is 2. The zero-order valence-electron chi connectivity index (χ0n) is 14.2. The number of hydrogen-bond acceptors (Lipinski definition) is 4. The van der Waals surface area contributed by atoms with E-state index in [2.05, 4.69) is 26.5 Å². The van der Waals surface area contributed by atoms with Crippen LogP contribution < -0.4 is 16.8 Å². The Kier molecular flexibility index (Phi) is 9.97. The van der Waals surface area contributed by atoms with E-state index in [0.29, 0.717) is 19.4 Å². The second kappa shape index (κ2) is 10.5. The molecule has 0 spiro atoms. The first kappa shape index (κ1) is 20.8. The number of amides is 1. The molecule has 0 aromatic heterocycles.